The fourth-order valence-corrected chi connectivity index (χ4v) is 11.7. The molecule has 1 spiro atoms. The summed E-state index contributed by atoms with van der Waals surface area (Å²) in [4.78, 5) is 2.64. The molecule has 0 unspecified atom stereocenters. The second-order valence-electron chi connectivity index (χ2n) is 16.1. The number of aromatic nitrogens is 1. The maximum atomic E-state index is 2.77. The molecular formula is C49H33BN2. The van der Waals surface area contributed by atoms with Crippen molar-refractivity contribution in [3.63, 3.8) is 0 Å². The summed E-state index contributed by atoms with van der Waals surface area (Å²) >= 11 is 0. The largest absolute Gasteiger partial charge is 0.375 e. The smallest absolute Gasteiger partial charge is 0.333 e. The Labute approximate surface area is 303 Å². The molecule has 0 fully saturated rings. The maximum Gasteiger partial charge on any atom is 0.333 e. The van der Waals surface area contributed by atoms with Crippen LogP contribution in [0.15, 0.2) is 146 Å². The quantitative estimate of drug-likeness (QED) is 0.147. The molecule has 1 aromatic heterocycles. The standard InChI is InChI=1S/C49H33BN2/c1-28-26-34-31-17-12-18-33-43-46(32-16-6-7-19-35(32)48(43,2)3)52(45(31)33)50-40-24-13-23-39-47(40)51(42(27-28)44(34)50)41-25-11-10-22-38(41)49(39)36-20-8-4-14-29(36)30-15-5-9-21-37(30)49/h4-27H,1-3H3. The summed E-state index contributed by atoms with van der Waals surface area (Å²) in [5.74, 6) is 0. The molecule has 0 bridgehead atoms. The Hall–Kier alpha value is -6.06. The Balaban J connectivity index is 1.24. The van der Waals surface area contributed by atoms with E-state index in [1.54, 1.807) is 0 Å². The van der Waals surface area contributed by atoms with Crippen LogP contribution in [0.25, 0.3) is 44.4 Å². The minimum atomic E-state index is -0.440. The molecule has 0 atom stereocenters. The molecule has 0 saturated heterocycles. The average Bonchev–Trinajstić information content (AvgIpc) is 3.76. The van der Waals surface area contributed by atoms with E-state index in [4.69, 9.17) is 0 Å². The zero-order valence-corrected chi connectivity index (χ0v) is 29.3. The molecule has 0 saturated carbocycles. The van der Waals surface area contributed by atoms with Gasteiger partial charge in [-0.15, -0.1) is 0 Å². The van der Waals surface area contributed by atoms with Crippen LogP contribution in [-0.4, -0.2) is 11.3 Å². The molecule has 2 nitrogen and oxygen atoms in total. The molecule has 52 heavy (non-hydrogen) atoms. The second kappa shape index (κ2) is 8.87. The maximum absolute atomic E-state index is 2.77. The lowest BCUT2D eigenvalue weighted by molar-refractivity contribution is 0.666. The van der Waals surface area contributed by atoms with E-state index in [0.717, 1.165) is 0 Å². The molecular weight excluding hydrogens is 627 g/mol. The highest BCUT2D eigenvalue weighted by Gasteiger charge is 2.55. The minimum Gasteiger partial charge on any atom is -0.375 e. The van der Waals surface area contributed by atoms with Gasteiger partial charge in [-0.25, -0.2) is 0 Å². The predicted molar refractivity (Wildman–Crippen MR) is 216 cm³/mol. The van der Waals surface area contributed by atoms with Gasteiger partial charge in [0.15, 0.2) is 0 Å². The Kier molecular flexibility index (Phi) is 4.71. The van der Waals surface area contributed by atoms with Crippen LogP contribution in [0.1, 0.15) is 52.8 Å². The number of fused-ring (bicyclic) bond motifs is 18. The van der Waals surface area contributed by atoms with Gasteiger partial charge in [0.1, 0.15) is 0 Å². The van der Waals surface area contributed by atoms with Crippen molar-refractivity contribution in [3.8, 4) is 33.5 Å². The molecule has 0 radical (unpaired) electrons. The molecule has 2 aliphatic carbocycles. The Morgan fingerprint density at radius 1 is 0.519 bits per heavy atom. The van der Waals surface area contributed by atoms with Crippen LogP contribution < -0.4 is 15.8 Å². The number of anilines is 3. The first-order chi connectivity index (χ1) is 25.5. The zero-order valence-electron chi connectivity index (χ0n) is 29.3. The van der Waals surface area contributed by atoms with Gasteiger partial charge < -0.3 is 9.38 Å². The number of rotatable bonds is 0. The van der Waals surface area contributed by atoms with Gasteiger partial charge >= 0.3 is 6.85 Å². The molecule has 0 N–H and O–H groups in total. The number of nitrogens with zero attached hydrogens (tertiary/aromatic N) is 2. The summed E-state index contributed by atoms with van der Waals surface area (Å²) in [7, 11) is 0. The number of hydrogen-bond donors (Lipinski definition) is 0. The van der Waals surface area contributed by atoms with E-state index in [9.17, 15) is 0 Å². The zero-order chi connectivity index (χ0) is 34.2. The summed E-state index contributed by atoms with van der Waals surface area (Å²) in [6.45, 7) is 7.16. The Morgan fingerprint density at radius 2 is 1.13 bits per heavy atom. The monoisotopic (exact) mass is 660 g/mol. The molecule has 242 valence electrons. The lowest BCUT2D eigenvalue weighted by Crippen LogP contribution is -2.58. The highest BCUT2D eigenvalue weighted by Crippen LogP contribution is 2.64. The van der Waals surface area contributed by atoms with Gasteiger partial charge in [0.05, 0.1) is 11.1 Å². The molecule has 8 aromatic rings. The molecule has 5 aliphatic rings. The van der Waals surface area contributed by atoms with Crippen molar-refractivity contribution in [1.82, 2.24) is 4.48 Å². The van der Waals surface area contributed by atoms with E-state index < -0.39 is 5.41 Å². The Morgan fingerprint density at radius 3 is 1.90 bits per heavy atom. The van der Waals surface area contributed by atoms with Crippen LogP contribution in [0.2, 0.25) is 0 Å². The van der Waals surface area contributed by atoms with Crippen molar-refractivity contribution in [2.45, 2.75) is 31.6 Å². The van der Waals surface area contributed by atoms with Crippen LogP contribution in [-0.2, 0) is 10.8 Å². The Bertz CT molecular complexity index is 2930. The van der Waals surface area contributed by atoms with Crippen molar-refractivity contribution in [2.75, 3.05) is 4.90 Å². The highest BCUT2D eigenvalue weighted by atomic mass is 15.2. The van der Waals surface area contributed by atoms with Crippen molar-refractivity contribution in [2.24, 2.45) is 0 Å². The van der Waals surface area contributed by atoms with Crippen molar-refractivity contribution in [3.05, 3.63) is 185 Å². The van der Waals surface area contributed by atoms with E-state index in [-0.39, 0.29) is 12.3 Å². The van der Waals surface area contributed by atoms with Crippen LogP contribution >= 0.6 is 0 Å². The third kappa shape index (κ3) is 2.81. The molecule has 13 rings (SSSR count). The number of para-hydroxylation sites is 3. The van der Waals surface area contributed by atoms with Crippen LogP contribution in [0.3, 0.4) is 0 Å². The van der Waals surface area contributed by atoms with Gasteiger partial charge in [0.2, 0.25) is 0 Å². The molecule has 0 amide bonds. The number of hydrogen-bond acceptors (Lipinski definition) is 1. The van der Waals surface area contributed by atoms with Gasteiger partial charge in [-0.3, -0.25) is 0 Å². The minimum absolute atomic E-state index is 0.0223. The fraction of sp³-hybridized carbons (Fsp3) is 0.102. The summed E-state index contributed by atoms with van der Waals surface area (Å²) in [5.41, 5.74) is 25.3. The molecule has 3 heteroatoms. The molecule has 4 heterocycles. The summed E-state index contributed by atoms with van der Waals surface area (Å²) in [5, 5.41) is 1.38. The van der Waals surface area contributed by atoms with E-state index in [1.807, 2.05) is 0 Å². The summed E-state index contributed by atoms with van der Waals surface area (Å²) in [6.07, 6.45) is 0. The summed E-state index contributed by atoms with van der Waals surface area (Å²) < 4.78 is 2.77. The normalized spacial score (nSPS) is 16.2. The van der Waals surface area contributed by atoms with E-state index in [2.05, 4.69) is 176 Å². The van der Waals surface area contributed by atoms with Crippen LogP contribution in [0, 0.1) is 6.92 Å². The number of aryl methyl sites for hydroxylation is 1. The number of benzene rings is 7. The third-order valence-electron chi connectivity index (χ3n) is 13.4. The first kappa shape index (κ1) is 27.6. The van der Waals surface area contributed by atoms with E-state index >= 15 is 0 Å². The predicted octanol–water partition coefficient (Wildman–Crippen LogP) is 10.4. The third-order valence-corrected chi connectivity index (χ3v) is 13.4. The van der Waals surface area contributed by atoms with Crippen molar-refractivity contribution >= 4 is 45.7 Å². The lowest BCUT2D eigenvalue weighted by atomic mass is 9.43. The first-order valence-electron chi connectivity index (χ1n) is 18.7. The molecule has 3 aliphatic heterocycles. The van der Waals surface area contributed by atoms with Crippen molar-refractivity contribution in [1.29, 1.82) is 0 Å². The highest BCUT2D eigenvalue weighted by molar-refractivity contribution is 6.90. The fourth-order valence-electron chi connectivity index (χ4n) is 11.7. The van der Waals surface area contributed by atoms with Gasteiger partial charge in [-0.2, -0.15) is 0 Å². The van der Waals surface area contributed by atoms with Crippen LogP contribution in [0.5, 0.6) is 0 Å². The SMILES string of the molecule is Cc1cc2c3c(c1)N1c4ccccc4C4(c5ccccc5-c5ccccc54)c4cccc(c41)B3n1c3c(c4cccc-2c41)C(C)(C)c1ccccc1-3. The average molecular weight is 661 g/mol. The van der Waals surface area contributed by atoms with E-state index in [0.29, 0.717) is 0 Å². The van der Waals surface area contributed by atoms with E-state index in [1.165, 1.54) is 111 Å². The van der Waals surface area contributed by atoms with Gasteiger partial charge in [-0.05, 0) is 85.6 Å². The van der Waals surface area contributed by atoms with Crippen LogP contribution in [0.4, 0.5) is 17.1 Å². The van der Waals surface area contributed by atoms with Gasteiger partial charge in [0, 0.05) is 44.5 Å². The molecule has 7 aromatic carbocycles. The topological polar surface area (TPSA) is 8.17 Å². The second-order valence-corrected chi connectivity index (χ2v) is 16.1. The lowest BCUT2D eigenvalue weighted by Gasteiger charge is -2.49. The van der Waals surface area contributed by atoms with Crippen molar-refractivity contribution < 1.29 is 0 Å². The summed E-state index contributed by atoms with van der Waals surface area (Å²) in [6, 6.07) is 55.9. The van der Waals surface area contributed by atoms with Gasteiger partial charge in [-0.1, -0.05) is 147 Å². The first-order valence-corrected chi connectivity index (χ1v) is 18.7. The van der Waals surface area contributed by atoms with Gasteiger partial charge in [0.25, 0.3) is 0 Å².